The highest BCUT2D eigenvalue weighted by Crippen LogP contribution is 2.25. The lowest BCUT2D eigenvalue weighted by atomic mass is 10.0. The van der Waals surface area contributed by atoms with Crippen LogP contribution in [-0.4, -0.2) is 17.2 Å². The first kappa shape index (κ1) is 13.7. The van der Waals surface area contributed by atoms with Gasteiger partial charge in [-0.2, -0.15) is 0 Å². The van der Waals surface area contributed by atoms with Crippen LogP contribution in [0.3, 0.4) is 0 Å². The molecule has 1 rings (SSSR count). The predicted molar refractivity (Wildman–Crippen MR) is 69.6 cm³/mol. The molecule has 0 radical (unpaired) electrons. The van der Waals surface area contributed by atoms with Crippen molar-refractivity contribution in [3.63, 3.8) is 0 Å². The average molecular weight is 237 g/mol. The first-order chi connectivity index (χ1) is 7.88. The van der Waals surface area contributed by atoms with E-state index in [0.29, 0.717) is 12.1 Å². The zero-order valence-electron chi connectivity index (χ0n) is 10.7. The van der Waals surface area contributed by atoms with Gasteiger partial charge in [0.2, 0.25) is 0 Å². The number of nitrogens with zero attached hydrogens (tertiary/aromatic N) is 1. The molecule has 0 amide bonds. The van der Waals surface area contributed by atoms with Crippen molar-refractivity contribution in [2.24, 2.45) is 0 Å². The van der Waals surface area contributed by atoms with Crippen LogP contribution in [0.1, 0.15) is 26.3 Å². The Morgan fingerprint density at radius 1 is 1.35 bits per heavy atom. The minimum Gasteiger partial charge on any atom is -0.392 e. The van der Waals surface area contributed by atoms with Crippen LogP contribution < -0.4 is 4.90 Å². The molecule has 0 bridgehead atoms. The summed E-state index contributed by atoms with van der Waals surface area (Å²) in [6.45, 7) is 10.4. The topological polar surface area (TPSA) is 23.5 Å². The van der Waals surface area contributed by atoms with Gasteiger partial charge in [-0.05, 0) is 44.5 Å². The van der Waals surface area contributed by atoms with Crippen molar-refractivity contribution in [2.75, 3.05) is 11.4 Å². The number of rotatable bonds is 4. The molecule has 2 nitrogen and oxygen atoms in total. The fourth-order valence-electron chi connectivity index (χ4n) is 1.78. The van der Waals surface area contributed by atoms with Crippen molar-refractivity contribution >= 4 is 5.69 Å². The first-order valence-corrected chi connectivity index (χ1v) is 5.67. The highest BCUT2D eigenvalue weighted by molar-refractivity contribution is 5.51. The molecule has 94 valence electrons. The van der Waals surface area contributed by atoms with Gasteiger partial charge in [0.1, 0.15) is 5.82 Å². The van der Waals surface area contributed by atoms with Crippen LogP contribution in [0.25, 0.3) is 0 Å². The third kappa shape index (κ3) is 3.56. The van der Waals surface area contributed by atoms with Gasteiger partial charge >= 0.3 is 0 Å². The second kappa shape index (κ2) is 5.32. The van der Waals surface area contributed by atoms with E-state index in [2.05, 4.69) is 27.4 Å². The lowest BCUT2D eigenvalue weighted by molar-refractivity contribution is 0.281. The van der Waals surface area contributed by atoms with E-state index in [1.165, 1.54) is 12.1 Å². The van der Waals surface area contributed by atoms with Crippen molar-refractivity contribution in [1.82, 2.24) is 0 Å². The summed E-state index contributed by atoms with van der Waals surface area (Å²) in [4.78, 5) is 2.04. The molecule has 0 aromatic heterocycles. The third-order valence-corrected chi connectivity index (χ3v) is 2.56. The molecular formula is C14H20FNO. The minimum atomic E-state index is -0.329. The zero-order valence-corrected chi connectivity index (χ0v) is 10.7. The maximum atomic E-state index is 13.4. The van der Waals surface area contributed by atoms with E-state index in [4.69, 9.17) is 5.11 Å². The molecule has 0 aliphatic carbocycles. The van der Waals surface area contributed by atoms with Gasteiger partial charge in [0.05, 0.1) is 6.61 Å². The Hall–Kier alpha value is -1.35. The normalized spacial score (nSPS) is 11.4. The molecule has 1 aromatic carbocycles. The van der Waals surface area contributed by atoms with Crippen LogP contribution in [0.4, 0.5) is 10.1 Å². The first-order valence-electron chi connectivity index (χ1n) is 5.67. The summed E-state index contributed by atoms with van der Waals surface area (Å²) < 4.78 is 13.4. The van der Waals surface area contributed by atoms with E-state index in [-0.39, 0.29) is 18.0 Å². The Morgan fingerprint density at radius 2 is 2.00 bits per heavy atom. The fraction of sp³-hybridized carbons (Fsp3) is 0.429. The molecule has 3 heteroatoms. The van der Waals surface area contributed by atoms with Gasteiger partial charge in [0.15, 0.2) is 0 Å². The molecule has 0 fully saturated rings. The molecule has 0 aliphatic rings. The van der Waals surface area contributed by atoms with E-state index in [0.717, 1.165) is 5.69 Å². The molecule has 0 spiro atoms. The van der Waals surface area contributed by atoms with E-state index in [9.17, 15) is 4.39 Å². The Kier molecular flexibility index (Phi) is 4.29. The molecule has 0 unspecified atom stereocenters. The van der Waals surface area contributed by atoms with Gasteiger partial charge < -0.3 is 10.0 Å². The van der Waals surface area contributed by atoms with Crippen LogP contribution in [0, 0.1) is 5.82 Å². The molecular weight excluding hydrogens is 217 g/mol. The number of anilines is 1. The summed E-state index contributed by atoms with van der Waals surface area (Å²) in [7, 11) is 0. The molecule has 0 atom stereocenters. The number of hydrogen-bond donors (Lipinski definition) is 1. The zero-order chi connectivity index (χ0) is 13.1. The van der Waals surface area contributed by atoms with Crippen LogP contribution in [0.5, 0.6) is 0 Å². The summed E-state index contributed by atoms with van der Waals surface area (Å²) >= 11 is 0. The van der Waals surface area contributed by atoms with Crippen molar-refractivity contribution in [1.29, 1.82) is 0 Å². The number of benzene rings is 1. The lowest BCUT2D eigenvalue weighted by Crippen LogP contribution is -2.41. The molecule has 1 N–H and O–H groups in total. The second-order valence-corrected chi connectivity index (χ2v) is 5.05. The van der Waals surface area contributed by atoms with Crippen LogP contribution in [-0.2, 0) is 6.61 Å². The molecule has 0 saturated heterocycles. The second-order valence-electron chi connectivity index (χ2n) is 5.05. The van der Waals surface area contributed by atoms with E-state index in [1.54, 1.807) is 12.1 Å². The number of halogens is 1. The van der Waals surface area contributed by atoms with Gasteiger partial charge in [-0.25, -0.2) is 4.39 Å². The highest BCUT2D eigenvalue weighted by Gasteiger charge is 2.21. The molecule has 0 aliphatic heterocycles. The number of aliphatic hydroxyl groups is 1. The maximum Gasteiger partial charge on any atom is 0.125 e. The maximum absolute atomic E-state index is 13.4. The fourth-order valence-corrected chi connectivity index (χ4v) is 1.78. The average Bonchev–Trinajstić information content (AvgIpc) is 2.23. The van der Waals surface area contributed by atoms with Gasteiger partial charge in [-0.3, -0.25) is 0 Å². The van der Waals surface area contributed by atoms with Gasteiger partial charge in [-0.15, -0.1) is 6.58 Å². The van der Waals surface area contributed by atoms with Gasteiger partial charge in [0.25, 0.3) is 0 Å². The minimum absolute atomic E-state index is 0.130. The quantitative estimate of drug-likeness (QED) is 0.813. The summed E-state index contributed by atoms with van der Waals surface area (Å²) in [6.07, 6.45) is 1.79. The predicted octanol–water partition coefficient (Wildman–Crippen LogP) is 3.11. The van der Waals surface area contributed by atoms with Crippen molar-refractivity contribution in [3.05, 3.63) is 42.2 Å². The standard InChI is InChI=1S/C14H20FNO/c1-5-6-16(14(2,3)4)13-8-11(10-17)7-12(15)9-13/h5,7-9,17H,1,6,10H2,2-4H3. The van der Waals surface area contributed by atoms with Crippen LogP contribution in [0.2, 0.25) is 0 Å². The highest BCUT2D eigenvalue weighted by atomic mass is 19.1. The summed E-state index contributed by atoms with van der Waals surface area (Å²) in [5.74, 6) is -0.329. The molecule has 1 aromatic rings. The summed E-state index contributed by atoms with van der Waals surface area (Å²) in [5, 5.41) is 9.10. The molecule has 17 heavy (non-hydrogen) atoms. The van der Waals surface area contributed by atoms with Gasteiger partial charge in [0, 0.05) is 17.8 Å². The summed E-state index contributed by atoms with van der Waals surface area (Å²) in [6, 6.07) is 4.63. The third-order valence-electron chi connectivity index (χ3n) is 2.56. The SMILES string of the molecule is C=CCN(c1cc(F)cc(CO)c1)C(C)(C)C. The van der Waals surface area contributed by atoms with Crippen molar-refractivity contribution < 1.29 is 9.50 Å². The Bertz CT molecular complexity index is 396. The van der Waals surface area contributed by atoms with Crippen molar-refractivity contribution in [3.8, 4) is 0 Å². The Morgan fingerprint density at radius 3 is 2.47 bits per heavy atom. The van der Waals surface area contributed by atoms with Crippen LogP contribution in [0.15, 0.2) is 30.9 Å². The van der Waals surface area contributed by atoms with E-state index < -0.39 is 0 Å². The molecule has 0 heterocycles. The Labute approximate surface area is 102 Å². The van der Waals surface area contributed by atoms with Crippen molar-refractivity contribution in [2.45, 2.75) is 32.9 Å². The smallest absolute Gasteiger partial charge is 0.125 e. The molecule has 0 saturated carbocycles. The van der Waals surface area contributed by atoms with E-state index in [1.807, 2.05) is 4.90 Å². The largest absolute Gasteiger partial charge is 0.392 e. The van der Waals surface area contributed by atoms with Crippen LogP contribution >= 0.6 is 0 Å². The Balaban J connectivity index is 3.18. The number of hydrogen-bond acceptors (Lipinski definition) is 2. The number of aliphatic hydroxyl groups excluding tert-OH is 1. The van der Waals surface area contributed by atoms with Gasteiger partial charge in [-0.1, -0.05) is 6.08 Å². The van der Waals surface area contributed by atoms with E-state index >= 15 is 0 Å². The summed E-state index contributed by atoms with van der Waals surface area (Å²) in [5.41, 5.74) is 1.22. The monoisotopic (exact) mass is 237 g/mol. The lowest BCUT2D eigenvalue weighted by Gasteiger charge is -2.37.